The molecular weight excluding hydrogens is 416 g/mol. The fourth-order valence-electron chi connectivity index (χ4n) is 4.77. The predicted molar refractivity (Wildman–Crippen MR) is 119 cm³/mol. The number of carbonyl (C=O) groups is 3. The van der Waals surface area contributed by atoms with Crippen LogP contribution < -0.4 is 0 Å². The number of rotatable bonds is 5. The molecule has 1 aliphatic carbocycles. The van der Waals surface area contributed by atoms with Crippen molar-refractivity contribution in [1.82, 2.24) is 19.7 Å². The van der Waals surface area contributed by atoms with Crippen LogP contribution in [0.5, 0.6) is 0 Å². The van der Waals surface area contributed by atoms with E-state index in [1.165, 1.54) is 11.8 Å². The number of hydrogen-bond acceptors (Lipinski definition) is 6. The molecule has 0 spiro atoms. The number of pyridine rings is 1. The summed E-state index contributed by atoms with van der Waals surface area (Å²) in [5, 5.41) is 7.77. The van der Waals surface area contributed by atoms with Crippen LogP contribution in [-0.2, 0) is 14.4 Å². The summed E-state index contributed by atoms with van der Waals surface area (Å²) in [4.78, 5) is 44.7. The van der Waals surface area contributed by atoms with Crippen molar-refractivity contribution in [2.45, 2.75) is 24.8 Å². The molecule has 2 aliphatic heterocycles. The molecule has 3 atom stereocenters. The van der Waals surface area contributed by atoms with Gasteiger partial charge < -0.3 is 19.8 Å². The van der Waals surface area contributed by atoms with Gasteiger partial charge in [0.25, 0.3) is 6.47 Å². The Balaban J connectivity index is 0.000000858. The van der Waals surface area contributed by atoms with Crippen molar-refractivity contribution >= 4 is 30.0 Å². The number of piperazine rings is 1. The first kappa shape index (κ1) is 23.5. The molecule has 3 aliphatic rings. The molecule has 9 heteroatoms. The molecule has 1 aromatic rings. The molecule has 170 valence electrons. The number of piperidine rings is 1. The summed E-state index contributed by atoms with van der Waals surface area (Å²) in [5.74, 6) is 2.02. The standard InChI is InChI=1S/C21H30N4O2S.CH2O2/c1-2-23-9-11-24(12-10-23)21(27)17-13-16-6-8-25(14-18(16)17)20(26)15-28-19-5-3-4-7-22-19;2-1-3/h3-5,7,16-18H,2,6,8-15H2,1H3;1H,(H,2,3)/t16-,17-,18-;/m1./s1. The Morgan fingerprint density at radius 1 is 1.19 bits per heavy atom. The van der Waals surface area contributed by atoms with Crippen molar-refractivity contribution in [2.24, 2.45) is 17.8 Å². The van der Waals surface area contributed by atoms with Crippen LogP contribution in [-0.4, -0.2) is 94.6 Å². The number of likely N-dealkylation sites (N-methyl/N-ethyl adjacent to an activating group) is 1. The second kappa shape index (κ2) is 11.5. The van der Waals surface area contributed by atoms with E-state index in [4.69, 9.17) is 9.90 Å². The minimum absolute atomic E-state index is 0.122. The lowest BCUT2D eigenvalue weighted by Crippen LogP contribution is -2.58. The van der Waals surface area contributed by atoms with Gasteiger partial charge in [-0.2, -0.15) is 0 Å². The van der Waals surface area contributed by atoms with Crippen molar-refractivity contribution in [3.05, 3.63) is 24.4 Å². The molecule has 3 heterocycles. The van der Waals surface area contributed by atoms with E-state index in [0.717, 1.165) is 63.7 Å². The van der Waals surface area contributed by atoms with Gasteiger partial charge in [-0.25, -0.2) is 4.98 Å². The number of carboxylic acid groups (broad SMARTS) is 1. The molecule has 0 radical (unpaired) electrons. The second-order valence-electron chi connectivity index (χ2n) is 8.22. The van der Waals surface area contributed by atoms with E-state index in [9.17, 15) is 9.59 Å². The normalized spacial score (nSPS) is 25.5. The van der Waals surface area contributed by atoms with E-state index in [2.05, 4.69) is 21.7 Å². The Hall–Kier alpha value is -2.13. The van der Waals surface area contributed by atoms with Gasteiger partial charge in [0, 0.05) is 51.4 Å². The SMILES string of the molecule is CCN1CCN(C(=O)[C@@H]2C[C@H]3CCN(C(=O)CSc4ccccn4)C[C@H]32)CC1.O=CO. The third-order valence-electron chi connectivity index (χ3n) is 6.66. The van der Waals surface area contributed by atoms with E-state index >= 15 is 0 Å². The average molecular weight is 449 g/mol. The number of aromatic nitrogens is 1. The van der Waals surface area contributed by atoms with Crippen molar-refractivity contribution in [3.8, 4) is 0 Å². The van der Waals surface area contributed by atoms with E-state index in [0.29, 0.717) is 23.5 Å². The van der Waals surface area contributed by atoms with Crippen LogP contribution in [0.1, 0.15) is 19.8 Å². The molecule has 2 amide bonds. The Labute approximate surface area is 188 Å². The van der Waals surface area contributed by atoms with Gasteiger partial charge in [-0.1, -0.05) is 24.8 Å². The lowest BCUT2D eigenvalue weighted by Gasteiger charge is -2.51. The Kier molecular flexibility index (Phi) is 8.71. The average Bonchev–Trinajstić information content (AvgIpc) is 2.79. The highest BCUT2D eigenvalue weighted by Gasteiger charge is 2.49. The monoisotopic (exact) mass is 448 g/mol. The minimum Gasteiger partial charge on any atom is -0.483 e. The first-order valence-electron chi connectivity index (χ1n) is 11.0. The first-order chi connectivity index (χ1) is 15.1. The fraction of sp³-hybridized carbons (Fsp3) is 0.636. The van der Waals surface area contributed by atoms with Gasteiger partial charge >= 0.3 is 0 Å². The Bertz CT molecular complexity index is 742. The van der Waals surface area contributed by atoms with Crippen LogP contribution in [0, 0.1) is 17.8 Å². The molecule has 1 saturated carbocycles. The molecule has 0 unspecified atom stereocenters. The maximum atomic E-state index is 13.0. The van der Waals surface area contributed by atoms with E-state index < -0.39 is 0 Å². The number of amides is 2. The maximum absolute atomic E-state index is 13.0. The molecule has 31 heavy (non-hydrogen) atoms. The molecule has 1 N–H and O–H groups in total. The van der Waals surface area contributed by atoms with Gasteiger partial charge in [0.2, 0.25) is 11.8 Å². The quantitative estimate of drug-likeness (QED) is 0.539. The smallest absolute Gasteiger partial charge is 0.290 e. The number of hydrogen-bond donors (Lipinski definition) is 1. The fourth-order valence-corrected chi connectivity index (χ4v) is 5.54. The zero-order chi connectivity index (χ0) is 22.2. The third-order valence-corrected chi connectivity index (χ3v) is 7.59. The van der Waals surface area contributed by atoms with E-state index in [1.54, 1.807) is 6.20 Å². The van der Waals surface area contributed by atoms with Gasteiger partial charge in [-0.05, 0) is 43.4 Å². The highest BCUT2D eigenvalue weighted by molar-refractivity contribution is 7.99. The van der Waals surface area contributed by atoms with Crippen molar-refractivity contribution in [2.75, 3.05) is 51.6 Å². The largest absolute Gasteiger partial charge is 0.483 e. The van der Waals surface area contributed by atoms with Crippen LogP contribution in [0.2, 0.25) is 0 Å². The lowest BCUT2D eigenvalue weighted by atomic mass is 9.61. The summed E-state index contributed by atoms with van der Waals surface area (Å²) in [5.41, 5.74) is 0. The summed E-state index contributed by atoms with van der Waals surface area (Å²) in [6, 6.07) is 5.76. The summed E-state index contributed by atoms with van der Waals surface area (Å²) in [6.45, 7) is 8.23. The van der Waals surface area contributed by atoms with Crippen LogP contribution in [0.15, 0.2) is 29.4 Å². The zero-order valence-corrected chi connectivity index (χ0v) is 18.9. The Morgan fingerprint density at radius 3 is 2.58 bits per heavy atom. The molecule has 4 rings (SSSR count). The van der Waals surface area contributed by atoms with Crippen LogP contribution in [0.4, 0.5) is 0 Å². The van der Waals surface area contributed by atoms with Crippen molar-refractivity contribution in [3.63, 3.8) is 0 Å². The highest BCUT2D eigenvalue weighted by Crippen LogP contribution is 2.46. The number of thioether (sulfide) groups is 1. The molecule has 0 bridgehead atoms. The summed E-state index contributed by atoms with van der Waals surface area (Å²) >= 11 is 1.49. The number of fused-ring (bicyclic) bond motifs is 1. The van der Waals surface area contributed by atoms with E-state index in [-0.39, 0.29) is 18.3 Å². The highest BCUT2D eigenvalue weighted by atomic mass is 32.2. The van der Waals surface area contributed by atoms with Crippen LogP contribution >= 0.6 is 11.8 Å². The maximum Gasteiger partial charge on any atom is 0.290 e. The van der Waals surface area contributed by atoms with Crippen molar-refractivity contribution in [1.29, 1.82) is 0 Å². The number of nitrogens with zero attached hydrogens (tertiary/aromatic N) is 4. The third kappa shape index (κ3) is 5.98. The van der Waals surface area contributed by atoms with Gasteiger partial charge in [-0.3, -0.25) is 14.4 Å². The lowest BCUT2D eigenvalue weighted by molar-refractivity contribution is -0.153. The van der Waals surface area contributed by atoms with Gasteiger partial charge in [0.15, 0.2) is 0 Å². The van der Waals surface area contributed by atoms with Gasteiger partial charge in [0.05, 0.1) is 10.8 Å². The number of carbonyl (C=O) groups excluding carboxylic acids is 2. The van der Waals surface area contributed by atoms with Gasteiger partial charge in [-0.15, -0.1) is 0 Å². The summed E-state index contributed by atoms with van der Waals surface area (Å²) in [6.07, 6.45) is 3.81. The number of likely N-dealkylation sites (tertiary alicyclic amines) is 1. The first-order valence-corrected chi connectivity index (χ1v) is 12.0. The molecule has 3 fully saturated rings. The Morgan fingerprint density at radius 2 is 1.94 bits per heavy atom. The second-order valence-corrected chi connectivity index (χ2v) is 9.21. The molecule has 1 aromatic heterocycles. The topological polar surface area (TPSA) is 94.0 Å². The molecule has 0 aromatic carbocycles. The van der Waals surface area contributed by atoms with Gasteiger partial charge in [0.1, 0.15) is 0 Å². The van der Waals surface area contributed by atoms with Crippen LogP contribution in [0.3, 0.4) is 0 Å². The van der Waals surface area contributed by atoms with Crippen molar-refractivity contribution < 1.29 is 19.5 Å². The summed E-state index contributed by atoms with van der Waals surface area (Å²) in [7, 11) is 0. The molecule has 8 nitrogen and oxygen atoms in total. The predicted octanol–water partition coefficient (Wildman–Crippen LogP) is 1.52. The van der Waals surface area contributed by atoms with E-state index in [1.807, 2.05) is 23.1 Å². The van der Waals surface area contributed by atoms with Crippen LogP contribution in [0.25, 0.3) is 0 Å². The summed E-state index contributed by atoms with van der Waals surface area (Å²) < 4.78 is 0. The zero-order valence-electron chi connectivity index (χ0n) is 18.1. The minimum atomic E-state index is -0.250. The molecule has 2 saturated heterocycles. The molecular formula is C22H32N4O4S.